The van der Waals surface area contributed by atoms with Gasteiger partial charge in [0.25, 0.3) is 0 Å². The molecule has 4 heterocycles. The van der Waals surface area contributed by atoms with Crippen molar-refractivity contribution in [2.45, 2.75) is 19.4 Å². The van der Waals surface area contributed by atoms with Gasteiger partial charge < -0.3 is 5.32 Å². The highest BCUT2D eigenvalue weighted by atomic mass is 32.1. The van der Waals surface area contributed by atoms with Gasteiger partial charge in [0.1, 0.15) is 0 Å². The minimum absolute atomic E-state index is 0.190. The van der Waals surface area contributed by atoms with Crippen molar-refractivity contribution in [3.05, 3.63) is 35.0 Å². The average molecular weight is 300 g/mol. The van der Waals surface area contributed by atoms with Crippen molar-refractivity contribution < 1.29 is 0 Å². The van der Waals surface area contributed by atoms with Crippen LogP contribution in [0.4, 0.5) is 5.95 Å². The first kappa shape index (κ1) is 12.6. The van der Waals surface area contributed by atoms with Crippen LogP contribution in [0, 0.1) is 6.92 Å². The summed E-state index contributed by atoms with van der Waals surface area (Å²) >= 11 is 1.68. The van der Waals surface area contributed by atoms with Crippen LogP contribution in [0.15, 0.2) is 23.7 Å². The fraction of sp³-hybridized carbons (Fsp3) is 0.357. The molecule has 1 aliphatic rings. The first-order valence-electron chi connectivity index (χ1n) is 6.97. The van der Waals surface area contributed by atoms with E-state index in [1.165, 1.54) is 5.56 Å². The Hall–Kier alpha value is -2.15. The van der Waals surface area contributed by atoms with Gasteiger partial charge in [-0.1, -0.05) is 0 Å². The Bertz CT molecular complexity index is 783. The second-order valence-corrected chi connectivity index (χ2v) is 6.16. The highest BCUT2D eigenvalue weighted by Gasteiger charge is 2.27. The molecule has 3 aromatic heterocycles. The van der Waals surface area contributed by atoms with Crippen molar-refractivity contribution in [2.75, 3.05) is 11.9 Å². The molecule has 0 amide bonds. The summed E-state index contributed by atoms with van der Waals surface area (Å²) in [5.41, 5.74) is 2.39. The second kappa shape index (κ2) is 4.70. The first-order chi connectivity index (χ1) is 10.2. The summed E-state index contributed by atoms with van der Waals surface area (Å²) in [6.45, 7) is 3.00. The van der Waals surface area contributed by atoms with E-state index in [4.69, 9.17) is 5.10 Å². The largest absolute Gasteiger partial charge is 0.354 e. The van der Waals surface area contributed by atoms with E-state index in [1.807, 2.05) is 22.6 Å². The summed E-state index contributed by atoms with van der Waals surface area (Å²) in [5.74, 6) is 1.65. The van der Waals surface area contributed by atoms with Gasteiger partial charge in [-0.25, -0.2) is 4.68 Å². The highest BCUT2D eigenvalue weighted by Crippen LogP contribution is 2.32. The van der Waals surface area contributed by atoms with Crippen LogP contribution in [0.25, 0.3) is 10.7 Å². The van der Waals surface area contributed by atoms with Crippen molar-refractivity contribution >= 4 is 17.3 Å². The summed E-state index contributed by atoms with van der Waals surface area (Å²) in [7, 11) is 1.97. The third kappa shape index (κ3) is 1.96. The number of hydrogen-bond donors (Lipinski definition) is 1. The molecule has 1 unspecified atom stereocenters. The number of rotatable bonds is 2. The molecule has 3 aromatic rings. The fourth-order valence-electron chi connectivity index (χ4n) is 2.79. The molecule has 1 atom stereocenters. The van der Waals surface area contributed by atoms with Crippen molar-refractivity contribution in [1.29, 1.82) is 0 Å². The van der Waals surface area contributed by atoms with Gasteiger partial charge in [0.15, 0.2) is 5.82 Å². The SMILES string of the molecule is Cc1ccsc1-c1nc2n(n1)C(c1ccnn1C)CCN2. The van der Waals surface area contributed by atoms with Crippen molar-refractivity contribution in [1.82, 2.24) is 24.5 Å². The number of thiophene rings is 1. The van der Waals surface area contributed by atoms with E-state index in [0.717, 1.165) is 35.3 Å². The zero-order valence-corrected chi connectivity index (χ0v) is 12.8. The lowest BCUT2D eigenvalue weighted by Gasteiger charge is -2.24. The standard InChI is InChI=1S/C14H16N6S/c1-9-5-8-21-12(9)13-17-14-15-6-3-11(20(14)18-13)10-4-7-16-19(10)2/h4-5,7-8,11H,3,6H2,1-2H3,(H,15,17,18). The summed E-state index contributed by atoms with van der Waals surface area (Å²) < 4.78 is 3.91. The molecular weight excluding hydrogens is 284 g/mol. The van der Waals surface area contributed by atoms with E-state index >= 15 is 0 Å². The van der Waals surface area contributed by atoms with Gasteiger partial charge >= 0.3 is 0 Å². The third-order valence-corrected chi connectivity index (χ3v) is 4.91. The van der Waals surface area contributed by atoms with Gasteiger partial charge in [-0.15, -0.1) is 16.4 Å². The first-order valence-corrected chi connectivity index (χ1v) is 7.85. The molecule has 0 fully saturated rings. The lowest BCUT2D eigenvalue weighted by molar-refractivity contribution is 0.452. The molecular formula is C14H16N6S. The van der Waals surface area contributed by atoms with Gasteiger partial charge in [-0.05, 0) is 36.4 Å². The molecule has 1 aliphatic heterocycles. The number of fused-ring (bicyclic) bond motifs is 1. The molecule has 108 valence electrons. The van der Waals surface area contributed by atoms with Crippen LogP contribution in [-0.4, -0.2) is 31.1 Å². The lowest BCUT2D eigenvalue weighted by atomic mass is 10.1. The quantitative estimate of drug-likeness (QED) is 0.790. The smallest absolute Gasteiger partial charge is 0.222 e. The van der Waals surface area contributed by atoms with Crippen LogP contribution in [0.1, 0.15) is 23.7 Å². The van der Waals surface area contributed by atoms with Crippen LogP contribution in [0.2, 0.25) is 0 Å². The Morgan fingerprint density at radius 3 is 3.00 bits per heavy atom. The van der Waals surface area contributed by atoms with Gasteiger partial charge in [-0.3, -0.25) is 4.68 Å². The fourth-order valence-corrected chi connectivity index (χ4v) is 3.64. The maximum Gasteiger partial charge on any atom is 0.222 e. The Kier molecular flexibility index (Phi) is 2.81. The van der Waals surface area contributed by atoms with Crippen LogP contribution in [-0.2, 0) is 7.05 Å². The molecule has 4 rings (SSSR count). The molecule has 0 bridgehead atoms. The molecule has 0 spiro atoms. The van der Waals surface area contributed by atoms with Crippen molar-refractivity contribution in [2.24, 2.45) is 7.05 Å². The van der Waals surface area contributed by atoms with E-state index in [9.17, 15) is 0 Å². The summed E-state index contributed by atoms with van der Waals surface area (Å²) in [4.78, 5) is 5.81. The molecule has 0 aliphatic carbocycles. The number of nitrogens with one attached hydrogen (secondary N) is 1. The van der Waals surface area contributed by atoms with Gasteiger partial charge in [0.2, 0.25) is 5.95 Å². The minimum atomic E-state index is 0.190. The minimum Gasteiger partial charge on any atom is -0.354 e. The van der Waals surface area contributed by atoms with E-state index in [1.54, 1.807) is 11.3 Å². The summed E-state index contributed by atoms with van der Waals surface area (Å²) in [6, 6.07) is 4.35. The van der Waals surface area contributed by atoms with Crippen LogP contribution >= 0.6 is 11.3 Å². The number of nitrogens with zero attached hydrogens (tertiary/aromatic N) is 5. The number of hydrogen-bond acceptors (Lipinski definition) is 5. The maximum absolute atomic E-state index is 4.74. The van der Waals surface area contributed by atoms with Crippen LogP contribution < -0.4 is 5.32 Å². The molecule has 1 N–H and O–H groups in total. The number of aromatic nitrogens is 5. The van der Waals surface area contributed by atoms with Gasteiger partial charge in [-0.2, -0.15) is 10.1 Å². The second-order valence-electron chi connectivity index (χ2n) is 5.25. The zero-order valence-electron chi connectivity index (χ0n) is 11.9. The van der Waals surface area contributed by atoms with Crippen LogP contribution in [0.3, 0.4) is 0 Å². The van der Waals surface area contributed by atoms with E-state index in [-0.39, 0.29) is 6.04 Å². The predicted octanol–water partition coefficient (Wildman–Crippen LogP) is 2.45. The Labute approximate surface area is 126 Å². The molecule has 7 heteroatoms. The highest BCUT2D eigenvalue weighted by molar-refractivity contribution is 7.13. The Morgan fingerprint density at radius 1 is 1.38 bits per heavy atom. The van der Waals surface area contributed by atoms with E-state index in [0.29, 0.717) is 0 Å². The molecule has 0 aromatic carbocycles. The molecule has 0 saturated heterocycles. The monoisotopic (exact) mass is 300 g/mol. The molecule has 0 radical (unpaired) electrons. The topological polar surface area (TPSA) is 60.6 Å². The molecule has 0 saturated carbocycles. The molecule has 6 nitrogen and oxygen atoms in total. The summed E-state index contributed by atoms with van der Waals surface area (Å²) in [6.07, 6.45) is 2.82. The van der Waals surface area contributed by atoms with Crippen molar-refractivity contribution in [3.8, 4) is 10.7 Å². The van der Waals surface area contributed by atoms with Gasteiger partial charge in [0.05, 0.1) is 16.6 Å². The summed E-state index contributed by atoms with van der Waals surface area (Å²) in [5, 5.41) is 14.4. The maximum atomic E-state index is 4.74. The normalized spacial score (nSPS) is 17.5. The van der Waals surface area contributed by atoms with E-state index < -0.39 is 0 Å². The Morgan fingerprint density at radius 2 is 2.29 bits per heavy atom. The molecule has 21 heavy (non-hydrogen) atoms. The predicted molar refractivity (Wildman–Crippen MR) is 82.5 cm³/mol. The number of anilines is 1. The zero-order chi connectivity index (χ0) is 14.4. The van der Waals surface area contributed by atoms with Crippen molar-refractivity contribution in [3.63, 3.8) is 0 Å². The lowest BCUT2D eigenvalue weighted by Crippen LogP contribution is -2.26. The van der Waals surface area contributed by atoms with E-state index in [2.05, 4.69) is 39.8 Å². The average Bonchev–Trinajstić information content (AvgIpc) is 3.16. The Balaban J connectivity index is 1.80. The van der Waals surface area contributed by atoms with Gasteiger partial charge in [0, 0.05) is 19.8 Å². The third-order valence-electron chi connectivity index (χ3n) is 3.89. The van der Waals surface area contributed by atoms with Crippen LogP contribution in [0.5, 0.6) is 0 Å². The number of aryl methyl sites for hydroxylation is 2.